The van der Waals surface area contributed by atoms with Gasteiger partial charge in [-0.25, -0.2) is 0 Å². The van der Waals surface area contributed by atoms with Crippen molar-refractivity contribution in [3.8, 4) is 0 Å². The van der Waals surface area contributed by atoms with Crippen molar-refractivity contribution in [2.45, 2.75) is 44.9 Å². The highest BCUT2D eigenvalue weighted by Crippen LogP contribution is 2.37. The van der Waals surface area contributed by atoms with Gasteiger partial charge in [0.1, 0.15) is 0 Å². The number of hydrogen-bond donors (Lipinski definition) is 0. The van der Waals surface area contributed by atoms with Gasteiger partial charge in [0.15, 0.2) is 0 Å². The molecular formula is C19H21Br. The zero-order valence-corrected chi connectivity index (χ0v) is 13.6. The van der Waals surface area contributed by atoms with E-state index >= 15 is 0 Å². The van der Waals surface area contributed by atoms with Gasteiger partial charge in [0, 0.05) is 10.4 Å². The molecule has 0 fully saturated rings. The minimum absolute atomic E-state index is 0.566. The van der Waals surface area contributed by atoms with E-state index in [2.05, 4.69) is 65.3 Å². The van der Waals surface area contributed by atoms with Crippen LogP contribution in [0.4, 0.5) is 0 Å². The zero-order chi connectivity index (χ0) is 13.9. The fourth-order valence-electron chi connectivity index (χ4n) is 3.27. The normalized spacial score (nSPS) is 18.4. The van der Waals surface area contributed by atoms with Gasteiger partial charge < -0.3 is 0 Å². The molecule has 104 valence electrons. The van der Waals surface area contributed by atoms with Gasteiger partial charge >= 0.3 is 0 Å². The maximum atomic E-state index is 3.64. The van der Waals surface area contributed by atoms with Crippen LogP contribution in [-0.2, 0) is 12.8 Å². The first kappa shape index (κ1) is 13.9. The Bertz CT molecular complexity index is 583. The molecule has 1 aliphatic rings. The number of fused-ring (bicyclic) bond motifs is 1. The Balaban J connectivity index is 2.02. The lowest BCUT2D eigenvalue weighted by Crippen LogP contribution is -2.02. The van der Waals surface area contributed by atoms with Crippen molar-refractivity contribution < 1.29 is 0 Å². The van der Waals surface area contributed by atoms with Crippen LogP contribution >= 0.6 is 15.9 Å². The van der Waals surface area contributed by atoms with E-state index in [1.165, 1.54) is 52.4 Å². The highest BCUT2D eigenvalue weighted by Gasteiger charge is 2.20. The van der Waals surface area contributed by atoms with Crippen LogP contribution in [0.3, 0.4) is 0 Å². The molecule has 0 spiro atoms. The molecule has 0 radical (unpaired) electrons. The molecular weight excluding hydrogens is 308 g/mol. The Kier molecular flexibility index (Phi) is 4.26. The van der Waals surface area contributed by atoms with Crippen molar-refractivity contribution in [3.05, 3.63) is 69.2 Å². The molecule has 0 aliphatic heterocycles. The van der Waals surface area contributed by atoms with E-state index in [1.54, 1.807) is 0 Å². The van der Waals surface area contributed by atoms with Gasteiger partial charge in [-0.15, -0.1) is 0 Å². The molecule has 0 heterocycles. The van der Waals surface area contributed by atoms with Gasteiger partial charge in [-0.1, -0.05) is 59.6 Å². The number of benzene rings is 2. The first-order chi connectivity index (χ1) is 9.78. The molecule has 0 bridgehead atoms. The summed E-state index contributed by atoms with van der Waals surface area (Å²) in [5.74, 6) is 0.566. The zero-order valence-electron chi connectivity index (χ0n) is 12.0. The highest BCUT2D eigenvalue weighted by atomic mass is 79.9. The van der Waals surface area contributed by atoms with Crippen LogP contribution < -0.4 is 0 Å². The van der Waals surface area contributed by atoms with Gasteiger partial charge in [0.2, 0.25) is 0 Å². The lowest BCUT2D eigenvalue weighted by Gasteiger charge is -2.19. The molecule has 0 nitrogen and oxygen atoms in total. The molecule has 2 aromatic rings. The summed E-state index contributed by atoms with van der Waals surface area (Å²) in [7, 11) is 0. The van der Waals surface area contributed by atoms with E-state index in [0.717, 1.165) is 6.42 Å². The summed E-state index contributed by atoms with van der Waals surface area (Å²) in [5.41, 5.74) is 5.97. The fraction of sp³-hybridized carbons (Fsp3) is 0.368. The molecule has 1 heteroatoms. The molecule has 1 unspecified atom stereocenters. The predicted octanol–water partition coefficient (Wildman–Crippen LogP) is 5.87. The van der Waals surface area contributed by atoms with E-state index in [1.807, 2.05) is 0 Å². The van der Waals surface area contributed by atoms with E-state index in [-0.39, 0.29) is 0 Å². The van der Waals surface area contributed by atoms with Crippen LogP contribution in [0.25, 0.3) is 0 Å². The Morgan fingerprint density at radius 1 is 1.05 bits per heavy atom. The molecule has 0 aromatic heterocycles. The van der Waals surface area contributed by atoms with Crippen molar-refractivity contribution in [2.75, 3.05) is 0 Å². The summed E-state index contributed by atoms with van der Waals surface area (Å²) in [5, 5.41) is 0. The Morgan fingerprint density at radius 2 is 1.85 bits per heavy atom. The monoisotopic (exact) mass is 328 g/mol. The van der Waals surface area contributed by atoms with Crippen molar-refractivity contribution in [1.82, 2.24) is 0 Å². The molecule has 0 saturated heterocycles. The summed E-state index contributed by atoms with van der Waals surface area (Å²) in [6.07, 6.45) is 6.26. The van der Waals surface area contributed by atoms with Crippen LogP contribution in [0.2, 0.25) is 0 Å². The number of hydrogen-bond acceptors (Lipinski definition) is 0. The Morgan fingerprint density at radius 3 is 2.60 bits per heavy atom. The molecule has 3 rings (SSSR count). The lowest BCUT2D eigenvalue weighted by molar-refractivity contribution is 0.658. The summed E-state index contributed by atoms with van der Waals surface area (Å²) < 4.78 is 1.20. The second-order valence-corrected chi connectivity index (χ2v) is 6.65. The number of aryl methyl sites for hydroxylation is 2. The average Bonchev–Trinajstić information content (AvgIpc) is 2.69. The van der Waals surface area contributed by atoms with Crippen molar-refractivity contribution in [1.29, 1.82) is 0 Å². The van der Waals surface area contributed by atoms with Gasteiger partial charge in [-0.3, -0.25) is 0 Å². The maximum Gasteiger partial charge on any atom is 0.0178 e. The molecule has 20 heavy (non-hydrogen) atoms. The number of halogens is 1. The third-order valence-electron chi connectivity index (χ3n) is 4.46. The van der Waals surface area contributed by atoms with Crippen LogP contribution in [0.1, 0.15) is 54.4 Å². The Labute approximate surface area is 130 Å². The lowest BCUT2D eigenvalue weighted by atomic mass is 9.86. The van der Waals surface area contributed by atoms with Crippen LogP contribution in [0, 0.1) is 0 Å². The second kappa shape index (κ2) is 6.13. The molecule has 1 atom stereocenters. The average molecular weight is 329 g/mol. The minimum atomic E-state index is 0.566. The van der Waals surface area contributed by atoms with Crippen molar-refractivity contribution in [2.24, 2.45) is 0 Å². The van der Waals surface area contributed by atoms with E-state index in [4.69, 9.17) is 0 Å². The SMILES string of the molecule is CCc1ccc(C2CCCCc3ccc(Br)cc32)cc1. The van der Waals surface area contributed by atoms with Crippen molar-refractivity contribution in [3.63, 3.8) is 0 Å². The summed E-state index contributed by atoms with van der Waals surface area (Å²) >= 11 is 3.64. The minimum Gasteiger partial charge on any atom is -0.0613 e. The first-order valence-corrected chi connectivity index (χ1v) is 8.44. The predicted molar refractivity (Wildman–Crippen MR) is 89.4 cm³/mol. The first-order valence-electron chi connectivity index (χ1n) is 7.65. The topological polar surface area (TPSA) is 0 Å². The van der Waals surface area contributed by atoms with Crippen molar-refractivity contribution >= 4 is 15.9 Å². The standard InChI is InChI=1S/C19H21Br/c1-2-14-7-9-16(10-8-14)18-6-4-3-5-15-11-12-17(20)13-19(15)18/h7-13,18H,2-6H2,1H3. The van der Waals surface area contributed by atoms with Crippen LogP contribution in [0.5, 0.6) is 0 Å². The van der Waals surface area contributed by atoms with E-state index in [0.29, 0.717) is 5.92 Å². The maximum absolute atomic E-state index is 3.64. The van der Waals surface area contributed by atoms with Gasteiger partial charge in [0.05, 0.1) is 0 Å². The smallest absolute Gasteiger partial charge is 0.0178 e. The molecule has 0 amide bonds. The van der Waals surface area contributed by atoms with Gasteiger partial charge in [0.25, 0.3) is 0 Å². The fourth-order valence-corrected chi connectivity index (χ4v) is 3.65. The molecule has 2 aromatic carbocycles. The van der Waals surface area contributed by atoms with E-state index < -0.39 is 0 Å². The summed E-state index contributed by atoms with van der Waals surface area (Å²) in [4.78, 5) is 0. The molecule has 0 N–H and O–H groups in total. The van der Waals surface area contributed by atoms with Gasteiger partial charge in [-0.2, -0.15) is 0 Å². The highest BCUT2D eigenvalue weighted by molar-refractivity contribution is 9.10. The Hall–Kier alpha value is -1.08. The molecule has 1 aliphatic carbocycles. The van der Waals surface area contributed by atoms with E-state index in [9.17, 15) is 0 Å². The summed E-state index contributed by atoms with van der Waals surface area (Å²) in [6.45, 7) is 2.22. The molecule has 0 saturated carbocycles. The second-order valence-electron chi connectivity index (χ2n) is 5.74. The number of rotatable bonds is 2. The van der Waals surface area contributed by atoms with Crippen LogP contribution in [-0.4, -0.2) is 0 Å². The van der Waals surface area contributed by atoms with Gasteiger partial charge in [-0.05, 0) is 60.1 Å². The van der Waals surface area contributed by atoms with Crippen LogP contribution in [0.15, 0.2) is 46.9 Å². The third-order valence-corrected chi connectivity index (χ3v) is 4.96. The summed E-state index contributed by atoms with van der Waals surface area (Å²) in [6, 6.07) is 16.1. The quantitative estimate of drug-likeness (QED) is 0.605. The largest absolute Gasteiger partial charge is 0.0613 e. The third kappa shape index (κ3) is 2.83.